The van der Waals surface area contributed by atoms with Gasteiger partial charge in [0.05, 0.1) is 16.9 Å². The minimum absolute atomic E-state index is 0.0232. The molecule has 0 unspecified atom stereocenters. The maximum atomic E-state index is 12.6. The Labute approximate surface area is 193 Å². The van der Waals surface area contributed by atoms with Crippen molar-refractivity contribution in [1.82, 2.24) is 19.8 Å². The van der Waals surface area contributed by atoms with Crippen molar-refractivity contribution in [2.75, 3.05) is 38.5 Å². The van der Waals surface area contributed by atoms with Crippen LogP contribution in [0.15, 0.2) is 22.3 Å². The number of thiophene rings is 2. The standard InChI is InChI=1S/C22H26N4O2S3/c27-19(26-10-8-25(9-11-26)7-6-15-3-2-12-30-15)14-29-13-18-23-21(28)20-16-4-1-5-17(16)31-22(20)24-18/h2-3,12H,1,4-11,13-14H2,(H,23,24,28). The number of hydrogen-bond donors (Lipinski definition) is 1. The Bertz CT molecular complexity index is 1110. The number of aryl methyl sites for hydroxylation is 2. The number of rotatable bonds is 7. The van der Waals surface area contributed by atoms with E-state index in [0.717, 1.165) is 68.6 Å². The molecule has 9 heteroatoms. The van der Waals surface area contributed by atoms with Crippen molar-refractivity contribution < 1.29 is 4.79 Å². The number of piperazine rings is 1. The molecular weight excluding hydrogens is 448 g/mol. The quantitative estimate of drug-likeness (QED) is 0.570. The first-order valence-corrected chi connectivity index (χ1v) is 13.7. The van der Waals surface area contributed by atoms with Crippen LogP contribution in [0.25, 0.3) is 10.2 Å². The van der Waals surface area contributed by atoms with Crippen molar-refractivity contribution in [2.45, 2.75) is 31.4 Å². The Morgan fingerprint density at radius 1 is 1.23 bits per heavy atom. The van der Waals surface area contributed by atoms with E-state index in [1.165, 1.54) is 27.1 Å². The molecule has 0 bridgehead atoms. The van der Waals surface area contributed by atoms with E-state index >= 15 is 0 Å². The molecule has 1 N–H and O–H groups in total. The van der Waals surface area contributed by atoms with E-state index in [4.69, 9.17) is 0 Å². The highest BCUT2D eigenvalue weighted by atomic mass is 32.2. The first-order valence-electron chi connectivity index (χ1n) is 10.8. The number of nitrogens with one attached hydrogen (secondary N) is 1. The Morgan fingerprint density at radius 2 is 2.10 bits per heavy atom. The average molecular weight is 475 g/mol. The number of aromatic amines is 1. The summed E-state index contributed by atoms with van der Waals surface area (Å²) in [4.78, 5) is 40.8. The predicted molar refractivity (Wildman–Crippen MR) is 129 cm³/mol. The molecule has 1 amide bonds. The van der Waals surface area contributed by atoms with E-state index in [-0.39, 0.29) is 11.5 Å². The third kappa shape index (κ3) is 4.74. The van der Waals surface area contributed by atoms with Crippen LogP contribution in [0.1, 0.15) is 27.6 Å². The summed E-state index contributed by atoms with van der Waals surface area (Å²) in [5.74, 6) is 1.84. The fraction of sp³-hybridized carbons (Fsp3) is 0.500. The van der Waals surface area contributed by atoms with Gasteiger partial charge < -0.3 is 9.88 Å². The Kier molecular flexibility index (Phi) is 6.45. The van der Waals surface area contributed by atoms with E-state index in [1.807, 2.05) is 16.2 Å². The van der Waals surface area contributed by atoms with Crippen LogP contribution >= 0.6 is 34.4 Å². The van der Waals surface area contributed by atoms with Crippen molar-refractivity contribution in [1.29, 1.82) is 0 Å². The molecule has 2 aliphatic rings. The summed E-state index contributed by atoms with van der Waals surface area (Å²) in [5, 5.41) is 2.92. The molecule has 1 saturated heterocycles. The topological polar surface area (TPSA) is 69.3 Å². The molecular formula is C22H26N4O2S3. The molecule has 0 spiro atoms. The van der Waals surface area contributed by atoms with Crippen molar-refractivity contribution >= 4 is 50.6 Å². The van der Waals surface area contributed by atoms with Crippen molar-refractivity contribution in [3.05, 3.63) is 49.0 Å². The van der Waals surface area contributed by atoms with Crippen LogP contribution < -0.4 is 5.56 Å². The second-order valence-corrected chi connectivity index (χ2v) is 11.2. The number of amides is 1. The molecule has 3 aromatic rings. The Morgan fingerprint density at radius 3 is 2.90 bits per heavy atom. The van der Waals surface area contributed by atoms with Gasteiger partial charge in [0.2, 0.25) is 5.91 Å². The van der Waals surface area contributed by atoms with Crippen molar-refractivity contribution in [2.24, 2.45) is 0 Å². The third-order valence-corrected chi connectivity index (χ3v) is 9.12. The molecule has 0 atom stereocenters. The van der Waals surface area contributed by atoms with Gasteiger partial charge in [-0.25, -0.2) is 4.98 Å². The number of carbonyl (C=O) groups excluding carboxylic acids is 1. The van der Waals surface area contributed by atoms with Gasteiger partial charge in [0.15, 0.2) is 0 Å². The lowest BCUT2D eigenvalue weighted by Gasteiger charge is -2.34. The minimum Gasteiger partial charge on any atom is -0.339 e. The van der Waals surface area contributed by atoms with Crippen molar-refractivity contribution in [3.8, 4) is 0 Å². The first kappa shape index (κ1) is 21.2. The van der Waals surface area contributed by atoms with Crippen LogP contribution in [0.5, 0.6) is 0 Å². The summed E-state index contributed by atoms with van der Waals surface area (Å²) in [7, 11) is 0. The molecule has 1 aliphatic heterocycles. The van der Waals surface area contributed by atoms with Gasteiger partial charge in [-0.1, -0.05) is 6.07 Å². The molecule has 6 nitrogen and oxygen atoms in total. The fourth-order valence-corrected chi connectivity index (χ4v) is 7.15. The number of hydrogen-bond acceptors (Lipinski definition) is 7. The molecule has 1 fully saturated rings. The Balaban J connectivity index is 1.09. The zero-order valence-electron chi connectivity index (χ0n) is 17.4. The number of H-pyrrole nitrogens is 1. The van der Waals surface area contributed by atoms with Crippen LogP contribution in [0.4, 0.5) is 0 Å². The van der Waals surface area contributed by atoms with Gasteiger partial charge >= 0.3 is 0 Å². The number of aromatic nitrogens is 2. The van der Waals surface area contributed by atoms with Gasteiger partial charge in [0, 0.05) is 42.5 Å². The highest BCUT2D eigenvalue weighted by Crippen LogP contribution is 2.34. The molecule has 1 aliphatic carbocycles. The summed E-state index contributed by atoms with van der Waals surface area (Å²) in [6.07, 6.45) is 4.28. The summed E-state index contributed by atoms with van der Waals surface area (Å²) in [6, 6.07) is 4.29. The lowest BCUT2D eigenvalue weighted by atomic mass is 10.2. The number of fused-ring (bicyclic) bond motifs is 3. The molecule has 4 heterocycles. The predicted octanol–water partition coefficient (Wildman–Crippen LogP) is 3.15. The summed E-state index contributed by atoms with van der Waals surface area (Å²) in [5.41, 5.74) is 1.18. The second kappa shape index (κ2) is 9.44. The van der Waals surface area contributed by atoms with Gasteiger partial charge in [-0.2, -0.15) is 0 Å². The molecule has 164 valence electrons. The number of nitrogens with zero attached hydrogens (tertiary/aromatic N) is 3. The normalized spacial score (nSPS) is 16.8. The van der Waals surface area contributed by atoms with Crippen molar-refractivity contribution in [3.63, 3.8) is 0 Å². The zero-order valence-corrected chi connectivity index (χ0v) is 19.8. The van der Waals surface area contributed by atoms with Gasteiger partial charge in [-0.15, -0.1) is 34.4 Å². The second-order valence-electron chi connectivity index (χ2n) is 8.09. The first-order chi connectivity index (χ1) is 15.2. The minimum atomic E-state index is -0.0232. The highest BCUT2D eigenvalue weighted by molar-refractivity contribution is 7.99. The number of carbonyl (C=O) groups is 1. The molecule has 5 rings (SSSR count). The molecule has 31 heavy (non-hydrogen) atoms. The molecule has 0 aromatic carbocycles. The Hall–Kier alpha value is -1.68. The van der Waals surface area contributed by atoms with Crippen LogP contribution in [0.2, 0.25) is 0 Å². The van der Waals surface area contributed by atoms with Crippen LogP contribution in [0, 0.1) is 0 Å². The smallest absolute Gasteiger partial charge is 0.259 e. The maximum Gasteiger partial charge on any atom is 0.259 e. The highest BCUT2D eigenvalue weighted by Gasteiger charge is 2.22. The number of thioether (sulfide) groups is 1. The summed E-state index contributed by atoms with van der Waals surface area (Å²) < 4.78 is 0. The van der Waals surface area contributed by atoms with Crippen LogP contribution in [-0.4, -0.2) is 64.2 Å². The van der Waals surface area contributed by atoms with Gasteiger partial charge in [-0.05, 0) is 42.7 Å². The molecule has 0 radical (unpaired) electrons. The van der Waals surface area contributed by atoms with Crippen LogP contribution in [-0.2, 0) is 29.8 Å². The SMILES string of the molecule is O=C(CSCc1nc2sc3c(c2c(=O)[nH]1)CCC3)N1CCN(CCc2cccs2)CC1. The van der Waals surface area contributed by atoms with E-state index < -0.39 is 0 Å². The van der Waals surface area contributed by atoms with Gasteiger partial charge in [-0.3, -0.25) is 14.5 Å². The van der Waals surface area contributed by atoms with E-state index in [1.54, 1.807) is 11.3 Å². The van der Waals surface area contributed by atoms with Crippen LogP contribution in [0.3, 0.4) is 0 Å². The third-order valence-electron chi connectivity index (χ3n) is 6.07. The summed E-state index contributed by atoms with van der Waals surface area (Å²) in [6.45, 7) is 4.54. The van der Waals surface area contributed by atoms with E-state index in [0.29, 0.717) is 17.3 Å². The fourth-order valence-electron chi connectivity index (χ4n) is 4.39. The lowest BCUT2D eigenvalue weighted by Crippen LogP contribution is -2.49. The zero-order chi connectivity index (χ0) is 21.2. The van der Waals surface area contributed by atoms with Gasteiger partial charge in [0.1, 0.15) is 10.7 Å². The summed E-state index contributed by atoms with van der Waals surface area (Å²) >= 11 is 5.01. The molecule has 3 aromatic heterocycles. The monoisotopic (exact) mass is 474 g/mol. The van der Waals surface area contributed by atoms with Gasteiger partial charge in [0.25, 0.3) is 5.56 Å². The largest absolute Gasteiger partial charge is 0.339 e. The van der Waals surface area contributed by atoms with E-state index in [2.05, 4.69) is 32.4 Å². The lowest BCUT2D eigenvalue weighted by molar-refractivity contribution is -0.130. The maximum absolute atomic E-state index is 12.6. The average Bonchev–Trinajstić information content (AvgIpc) is 3.50. The van der Waals surface area contributed by atoms with E-state index in [9.17, 15) is 9.59 Å². The molecule has 0 saturated carbocycles.